The summed E-state index contributed by atoms with van der Waals surface area (Å²) in [5.41, 5.74) is 1.99. The van der Waals surface area contributed by atoms with Crippen LogP contribution in [0.1, 0.15) is 30.9 Å². The number of likely N-dealkylation sites (tertiary alicyclic amines) is 1. The molecule has 5 heterocycles. The standard InChI is InChI=1S/C26H25F3N6O3/c27-18-2-1-3-21(11-18)35(26(36)17-12-34(13-17)20-5-8-37-9-6-20)15-19-14-33-7-4-16(10-22(33)30-19)24-31-32-25(38-24)23(28)29/h1-4,7,10-11,14,17,20,23H,5-6,8-9,12-13,15H2. The minimum atomic E-state index is -2.86. The highest BCUT2D eigenvalue weighted by atomic mass is 19.3. The fourth-order valence-electron chi connectivity index (χ4n) is 5.02. The van der Waals surface area contributed by atoms with Crippen molar-refractivity contribution < 1.29 is 27.1 Å². The topological polar surface area (TPSA) is 89.0 Å². The number of halogens is 3. The van der Waals surface area contributed by atoms with Crippen LogP contribution in [-0.4, -0.2) is 62.7 Å². The number of pyridine rings is 1. The van der Waals surface area contributed by atoms with Crippen molar-refractivity contribution >= 4 is 17.2 Å². The Morgan fingerprint density at radius 3 is 2.68 bits per heavy atom. The van der Waals surface area contributed by atoms with Crippen molar-refractivity contribution in [3.63, 3.8) is 0 Å². The maximum Gasteiger partial charge on any atom is 0.314 e. The fourth-order valence-corrected chi connectivity index (χ4v) is 5.02. The van der Waals surface area contributed by atoms with Crippen molar-refractivity contribution in [1.82, 2.24) is 24.5 Å². The van der Waals surface area contributed by atoms with E-state index in [1.807, 2.05) is 0 Å². The molecule has 1 aromatic carbocycles. The molecule has 0 bridgehead atoms. The van der Waals surface area contributed by atoms with E-state index in [9.17, 15) is 18.0 Å². The van der Waals surface area contributed by atoms with E-state index in [4.69, 9.17) is 9.15 Å². The molecule has 2 aliphatic heterocycles. The van der Waals surface area contributed by atoms with Crippen molar-refractivity contribution in [2.75, 3.05) is 31.2 Å². The highest BCUT2D eigenvalue weighted by Gasteiger charge is 2.39. The molecule has 4 aromatic rings. The van der Waals surface area contributed by atoms with E-state index in [1.54, 1.807) is 46.0 Å². The number of benzene rings is 1. The van der Waals surface area contributed by atoms with Gasteiger partial charge in [-0.3, -0.25) is 9.69 Å². The van der Waals surface area contributed by atoms with Gasteiger partial charge in [0.2, 0.25) is 11.8 Å². The zero-order valence-corrected chi connectivity index (χ0v) is 20.3. The average Bonchev–Trinajstić information content (AvgIpc) is 3.54. The molecule has 0 saturated carbocycles. The Morgan fingerprint density at radius 1 is 1.13 bits per heavy atom. The average molecular weight is 527 g/mol. The number of amides is 1. The summed E-state index contributed by atoms with van der Waals surface area (Å²) in [7, 11) is 0. The highest BCUT2D eigenvalue weighted by Crippen LogP contribution is 2.29. The molecule has 2 fully saturated rings. The maximum absolute atomic E-state index is 14.1. The number of nitrogens with zero attached hydrogens (tertiary/aromatic N) is 6. The van der Waals surface area contributed by atoms with Crippen LogP contribution < -0.4 is 4.90 Å². The number of carbonyl (C=O) groups excluding carboxylic acids is 1. The van der Waals surface area contributed by atoms with Crippen LogP contribution in [0.2, 0.25) is 0 Å². The summed E-state index contributed by atoms with van der Waals surface area (Å²) in [6, 6.07) is 9.68. The number of ether oxygens (including phenoxy) is 1. The third-order valence-electron chi connectivity index (χ3n) is 7.06. The number of alkyl halides is 2. The van der Waals surface area contributed by atoms with E-state index in [0.29, 0.717) is 41.7 Å². The van der Waals surface area contributed by atoms with E-state index in [-0.39, 0.29) is 24.3 Å². The number of carbonyl (C=O) groups is 1. The van der Waals surface area contributed by atoms with Gasteiger partial charge in [0.15, 0.2) is 0 Å². The zero-order chi connectivity index (χ0) is 26.2. The number of aromatic nitrogens is 4. The molecule has 0 spiro atoms. The molecule has 1 amide bonds. The Bertz CT molecular complexity index is 1450. The van der Waals surface area contributed by atoms with Crippen LogP contribution in [0.4, 0.5) is 18.9 Å². The summed E-state index contributed by atoms with van der Waals surface area (Å²) in [5, 5.41) is 7.05. The van der Waals surface area contributed by atoms with Gasteiger partial charge in [-0.05, 0) is 43.2 Å². The Kier molecular flexibility index (Phi) is 6.58. The number of imidazole rings is 1. The number of hydrogen-bond acceptors (Lipinski definition) is 7. The Hall–Kier alpha value is -3.77. The van der Waals surface area contributed by atoms with E-state index in [1.165, 1.54) is 12.1 Å². The largest absolute Gasteiger partial charge is 0.415 e. The van der Waals surface area contributed by atoms with Crippen molar-refractivity contribution in [3.05, 3.63) is 66.2 Å². The smallest absolute Gasteiger partial charge is 0.314 e. The van der Waals surface area contributed by atoms with Crippen LogP contribution in [0, 0.1) is 11.7 Å². The fraction of sp³-hybridized carbons (Fsp3) is 0.385. The lowest BCUT2D eigenvalue weighted by atomic mass is 9.93. The summed E-state index contributed by atoms with van der Waals surface area (Å²) in [6.45, 7) is 2.95. The number of hydrogen-bond donors (Lipinski definition) is 0. The molecular formula is C26H25F3N6O3. The summed E-state index contributed by atoms with van der Waals surface area (Å²) < 4.78 is 52.0. The summed E-state index contributed by atoms with van der Waals surface area (Å²) in [4.78, 5) is 22.1. The second-order valence-corrected chi connectivity index (χ2v) is 9.56. The van der Waals surface area contributed by atoms with Gasteiger partial charge in [0.05, 0.1) is 18.2 Å². The first-order valence-corrected chi connectivity index (χ1v) is 12.4. The van der Waals surface area contributed by atoms with Gasteiger partial charge in [-0.2, -0.15) is 8.78 Å². The second-order valence-electron chi connectivity index (χ2n) is 9.56. The number of rotatable bonds is 7. The normalized spacial score (nSPS) is 17.3. The van der Waals surface area contributed by atoms with Gasteiger partial charge in [0.25, 0.3) is 5.89 Å². The molecular weight excluding hydrogens is 501 g/mol. The van der Waals surface area contributed by atoms with Crippen LogP contribution in [0.15, 0.2) is 53.2 Å². The van der Waals surface area contributed by atoms with Gasteiger partial charge in [0.1, 0.15) is 11.5 Å². The Balaban J connectivity index is 1.23. The molecule has 9 nitrogen and oxygen atoms in total. The molecule has 0 aliphatic carbocycles. The van der Waals surface area contributed by atoms with Crippen LogP contribution in [0.25, 0.3) is 17.1 Å². The molecule has 12 heteroatoms. The Morgan fingerprint density at radius 2 is 1.95 bits per heavy atom. The summed E-state index contributed by atoms with van der Waals surface area (Å²) >= 11 is 0. The predicted molar refractivity (Wildman–Crippen MR) is 130 cm³/mol. The van der Waals surface area contributed by atoms with Gasteiger partial charge in [-0.15, -0.1) is 10.2 Å². The lowest BCUT2D eigenvalue weighted by molar-refractivity contribution is -0.129. The van der Waals surface area contributed by atoms with Crippen molar-refractivity contribution in [2.45, 2.75) is 31.9 Å². The zero-order valence-electron chi connectivity index (χ0n) is 20.3. The summed E-state index contributed by atoms with van der Waals surface area (Å²) in [6.07, 6.45) is 2.53. The predicted octanol–water partition coefficient (Wildman–Crippen LogP) is 4.11. The van der Waals surface area contributed by atoms with Crippen molar-refractivity contribution in [2.24, 2.45) is 5.92 Å². The quantitative estimate of drug-likeness (QED) is 0.358. The SMILES string of the molecule is O=C(C1CN(C2CCOCC2)C1)N(Cc1cn2ccc(-c3nnc(C(F)F)o3)cc2n1)c1cccc(F)c1. The third-order valence-corrected chi connectivity index (χ3v) is 7.06. The van der Waals surface area contributed by atoms with Crippen LogP contribution in [0.3, 0.4) is 0 Å². The van der Waals surface area contributed by atoms with Gasteiger partial charge in [-0.1, -0.05) is 6.07 Å². The van der Waals surface area contributed by atoms with Gasteiger partial charge in [0, 0.05) is 56.0 Å². The second kappa shape index (κ2) is 10.2. The molecule has 0 atom stereocenters. The summed E-state index contributed by atoms with van der Waals surface area (Å²) in [5.74, 6) is -1.49. The van der Waals surface area contributed by atoms with Gasteiger partial charge >= 0.3 is 6.43 Å². The third kappa shape index (κ3) is 4.88. The number of fused-ring (bicyclic) bond motifs is 1. The first-order chi connectivity index (χ1) is 18.4. The lowest BCUT2D eigenvalue weighted by Gasteiger charge is -2.46. The molecule has 2 saturated heterocycles. The lowest BCUT2D eigenvalue weighted by Crippen LogP contribution is -2.58. The first-order valence-electron chi connectivity index (χ1n) is 12.4. The molecule has 198 valence electrons. The molecule has 38 heavy (non-hydrogen) atoms. The molecule has 0 unspecified atom stereocenters. The van der Waals surface area contributed by atoms with Gasteiger partial charge < -0.3 is 18.5 Å². The molecule has 6 rings (SSSR count). The monoisotopic (exact) mass is 526 g/mol. The van der Waals surface area contributed by atoms with E-state index >= 15 is 0 Å². The minimum absolute atomic E-state index is 0.0389. The Labute approximate surface area is 215 Å². The number of anilines is 1. The van der Waals surface area contributed by atoms with Crippen molar-refractivity contribution in [3.8, 4) is 11.5 Å². The van der Waals surface area contributed by atoms with E-state index < -0.39 is 18.1 Å². The molecule has 2 aliphatic rings. The van der Waals surface area contributed by atoms with E-state index in [0.717, 1.165) is 26.1 Å². The van der Waals surface area contributed by atoms with Gasteiger partial charge in [-0.25, -0.2) is 9.37 Å². The molecule has 0 N–H and O–H groups in total. The van der Waals surface area contributed by atoms with Crippen LogP contribution in [-0.2, 0) is 16.1 Å². The minimum Gasteiger partial charge on any atom is -0.415 e. The molecule has 3 aromatic heterocycles. The first kappa shape index (κ1) is 24.6. The van der Waals surface area contributed by atoms with Crippen LogP contribution in [0.5, 0.6) is 0 Å². The molecule has 0 radical (unpaired) electrons. The van der Waals surface area contributed by atoms with Crippen molar-refractivity contribution in [1.29, 1.82) is 0 Å². The van der Waals surface area contributed by atoms with Crippen LogP contribution >= 0.6 is 0 Å². The van der Waals surface area contributed by atoms with E-state index in [2.05, 4.69) is 20.1 Å². The maximum atomic E-state index is 14.1. The highest BCUT2D eigenvalue weighted by molar-refractivity contribution is 5.95.